The highest BCUT2D eigenvalue weighted by Gasteiger charge is 2.17. The number of rotatable bonds is 4. The van der Waals surface area contributed by atoms with E-state index in [2.05, 4.69) is 28.0 Å². The third kappa shape index (κ3) is 5.03. The molecule has 0 amide bonds. The van der Waals surface area contributed by atoms with Gasteiger partial charge in [0.2, 0.25) is 5.88 Å². The highest BCUT2D eigenvalue weighted by atomic mass is 16.5. The molecular weight excluding hydrogens is 426 g/mol. The van der Waals surface area contributed by atoms with Crippen LogP contribution in [0.2, 0.25) is 0 Å². The number of methoxy groups -OCH3 is 2. The molecular formula is C27H29N5O2. The van der Waals surface area contributed by atoms with Crippen molar-refractivity contribution in [3.8, 4) is 40.1 Å². The zero-order valence-electron chi connectivity index (χ0n) is 19.9. The van der Waals surface area contributed by atoms with Crippen molar-refractivity contribution < 1.29 is 9.47 Å². The molecule has 1 saturated heterocycles. The van der Waals surface area contributed by atoms with Crippen molar-refractivity contribution in [2.45, 2.75) is 19.3 Å². The lowest BCUT2D eigenvalue weighted by Crippen LogP contribution is -2.24. The van der Waals surface area contributed by atoms with Crippen molar-refractivity contribution in [2.75, 3.05) is 34.4 Å². The van der Waals surface area contributed by atoms with Gasteiger partial charge in [0.15, 0.2) is 0 Å². The van der Waals surface area contributed by atoms with Crippen LogP contribution in [0.3, 0.4) is 0 Å². The molecule has 0 radical (unpaired) electrons. The maximum Gasteiger partial charge on any atom is 0.212 e. The third-order valence-electron chi connectivity index (χ3n) is 6.01. The van der Waals surface area contributed by atoms with E-state index in [1.165, 1.54) is 32.4 Å². The Hall–Kier alpha value is -3.89. The highest BCUT2D eigenvalue weighted by molar-refractivity contribution is 5.86. The van der Waals surface area contributed by atoms with Gasteiger partial charge in [0.05, 0.1) is 44.1 Å². The fourth-order valence-corrected chi connectivity index (χ4v) is 4.15. The maximum atomic E-state index is 9.07. The molecule has 7 nitrogen and oxygen atoms in total. The maximum absolute atomic E-state index is 9.07. The number of fused-ring (bicyclic) bond motifs is 1. The normalized spacial score (nSPS) is 13.6. The fourth-order valence-electron chi connectivity index (χ4n) is 4.15. The minimum absolute atomic E-state index is 0.550. The molecule has 1 aliphatic heterocycles. The second-order valence-electron chi connectivity index (χ2n) is 8.27. The van der Waals surface area contributed by atoms with Crippen molar-refractivity contribution in [1.82, 2.24) is 19.3 Å². The molecule has 34 heavy (non-hydrogen) atoms. The molecule has 0 spiro atoms. The van der Waals surface area contributed by atoms with Crippen LogP contribution in [0.1, 0.15) is 24.8 Å². The number of hydrogen-bond acceptors (Lipinski definition) is 6. The zero-order chi connectivity index (χ0) is 23.9. The molecule has 0 bridgehead atoms. The van der Waals surface area contributed by atoms with Crippen LogP contribution in [-0.4, -0.2) is 53.6 Å². The number of aromatic nitrogens is 3. The molecule has 5 rings (SSSR count). The van der Waals surface area contributed by atoms with E-state index in [4.69, 9.17) is 14.7 Å². The second-order valence-corrected chi connectivity index (χ2v) is 8.27. The Morgan fingerprint density at radius 1 is 0.912 bits per heavy atom. The van der Waals surface area contributed by atoms with Gasteiger partial charge in [0.25, 0.3) is 0 Å². The summed E-state index contributed by atoms with van der Waals surface area (Å²) in [6, 6.07) is 15.4. The average molecular weight is 456 g/mol. The largest absolute Gasteiger partial charge is 0.494 e. The van der Waals surface area contributed by atoms with Crippen molar-refractivity contribution in [3.05, 3.63) is 66.7 Å². The molecule has 1 aromatic carbocycles. The number of hydrogen-bond donors (Lipinski definition) is 0. The summed E-state index contributed by atoms with van der Waals surface area (Å²) < 4.78 is 12.7. The fraction of sp³-hybridized carbons (Fsp3) is 0.296. The Morgan fingerprint density at radius 3 is 2.21 bits per heavy atom. The van der Waals surface area contributed by atoms with Crippen molar-refractivity contribution in [2.24, 2.45) is 0 Å². The number of nitrogens with zero attached hydrogens (tertiary/aromatic N) is 5. The Labute approximate surface area is 200 Å². The van der Waals surface area contributed by atoms with Gasteiger partial charge in [0.1, 0.15) is 11.3 Å². The van der Waals surface area contributed by atoms with Gasteiger partial charge < -0.3 is 14.4 Å². The van der Waals surface area contributed by atoms with Gasteiger partial charge in [-0.15, -0.1) is 0 Å². The topological polar surface area (TPSA) is 75.7 Å². The number of benzene rings is 1. The number of imidazole rings is 1. The molecule has 3 aromatic heterocycles. The molecule has 4 heterocycles. The first-order valence-electron chi connectivity index (χ1n) is 11.4. The summed E-state index contributed by atoms with van der Waals surface area (Å²) in [7, 11) is 5.42. The zero-order valence-corrected chi connectivity index (χ0v) is 19.9. The number of nitriles is 1. The Balaban J connectivity index is 0.000000336. The lowest BCUT2D eigenvalue weighted by Gasteiger charge is -2.20. The van der Waals surface area contributed by atoms with Crippen LogP contribution in [0.15, 0.2) is 61.2 Å². The summed E-state index contributed by atoms with van der Waals surface area (Å²) in [5.41, 5.74) is 5.24. The third-order valence-corrected chi connectivity index (χ3v) is 6.01. The summed E-state index contributed by atoms with van der Waals surface area (Å²) >= 11 is 0. The Bertz CT molecular complexity index is 1270. The summed E-state index contributed by atoms with van der Waals surface area (Å²) in [6.07, 6.45) is 9.57. The molecule has 0 unspecified atom stereocenters. The monoisotopic (exact) mass is 455 g/mol. The molecule has 1 aliphatic rings. The molecule has 0 saturated carbocycles. The van der Waals surface area contributed by atoms with Crippen molar-refractivity contribution in [1.29, 1.82) is 5.26 Å². The van der Waals surface area contributed by atoms with E-state index in [-0.39, 0.29) is 0 Å². The first-order valence-corrected chi connectivity index (χ1v) is 11.4. The minimum atomic E-state index is 0.550. The van der Waals surface area contributed by atoms with Crippen LogP contribution in [0.25, 0.3) is 27.9 Å². The van der Waals surface area contributed by atoms with Gasteiger partial charge in [0, 0.05) is 23.4 Å². The Morgan fingerprint density at radius 2 is 1.65 bits per heavy atom. The van der Waals surface area contributed by atoms with E-state index in [1.54, 1.807) is 45.1 Å². The molecule has 1 fully saturated rings. The van der Waals surface area contributed by atoms with Gasteiger partial charge in [-0.05, 0) is 62.8 Å². The highest BCUT2D eigenvalue weighted by Crippen LogP contribution is 2.37. The van der Waals surface area contributed by atoms with Crippen LogP contribution in [-0.2, 0) is 0 Å². The van der Waals surface area contributed by atoms with Gasteiger partial charge >= 0.3 is 0 Å². The predicted octanol–water partition coefficient (Wildman–Crippen LogP) is 5.05. The quantitative estimate of drug-likeness (QED) is 0.428. The summed E-state index contributed by atoms with van der Waals surface area (Å²) in [4.78, 5) is 11.0. The molecule has 0 aliphatic carbocycles. The van der Waals surface area contributed by atoms with Gasteiger partial charge in [-0.1, -0.05) is 18.6 Å². The second kappa shape index (κ2) is 10.8. The summed E-state index contributed by atoms with van der Waals surface area (Å²) in [5.74, 6) is 1.27. The molecule has 0 N–H and O–H groups in total. The number of ether oxygens (including phenoxy) is 2. The molecule has 174 valence electrons. The SMILES string of the molecule is CN1CCCCC1.COc1ccc(-c2c(-c3ccc(C#N)cc3)cc(OC)c3cncn23)cn1. The van der Waals surface area contributed by atoms with Crippen LogP contribution < -0.4 is 9.47 Å². The summed E-state index contributed by atoms with van der Waals surface area (Å²) in [6.45, 7) is 2.64. The lowest BCUT2D eigenvalue weighted by atomic mass is 9.98. The molecule has 7 heteroatoms. The lowest BCUT2D eigenvalue weighted by molar-refractivity contribution is 0.277. The smallest absolute Gasteiger partial charge is 0.212 e. The minimum Gasteiger partial charge on any atom is -0.494 e. The van der Waals surface area contributed by atoms with E-state index in [0.717, 1.165) is 33.7 Å². The van der Waals surface area contributed by atoms with Crippen LogP contribution in [0.5, 0.6) is 11.6 Å². The summed E-state index contributed by atoms with van der Waals surface area (Å²) in [5, 5.41) is 9.07. The van der Waals surface area contributed by atoms with Gasteiger partial charge in [-0.25, -0.2) is 9.97 Å². The van der Waals surface area contributed by atoms with Crippen LogP contribution >= 0.6 is 0 Å². The Kier molecular flexibility index (Phi) is 7.41. The van der Waals surface area contributed by atoms with E-state index >= 15 is 0 Å². The van der Waals surface area contributed by atoms with Crippen molar-refractivity contribution >= 4 is 5.52 Å². The first-order chi connectivity index (χ1) is 16.6. The molecule has 0 atom stereocenters. The van der Waals surface area contributed by atoms with E-state index in [0.29, 0.717) is 11.4 Å². The van der Waals surface area contributed by atoms with Crippen LogP contribution in [0.4, 0.5) is 0 Å². The van der Waals surface area contributed by atoms with E-state index in [1.807, 2.05) is 34.7 Å². The van der Waals surface area contributed by atoms with E-state index in [9.17, 15) is 0 Å². The van der Waals surface area contributed by atoms with Crippen LogP contribution in [0, 0.1) is 11.3 Å². The first kappa shape index (κ1) is 23.3. The molecule has 4 aromatic rings. The van der Waals surface area contributed by atoms with E-state index < -0.39 is 0 Å². The van der Waals surface area contributed by atoms with Crippen molar-refractivity contribution in [3.63, 3.8) is 0 Å². The number of pyridine rings is 2. The van der Waals surface area contributed by atoms with Gasteiger partial charge in [-0.2, -0.15) is 5.26 Å². The van der Waals surface area contributed by atoms with Gasteiger partial charge in [-0.3, -0.25) is 4.40 Å². The number of likely N-dealkylation sites (tertiary alicyclic amines) is 1. The number of piperidine rings is 1. The standard InChI is InChI=1S/C21H16N4O2.C6H13N/c1-26-19-9-17(15-5-3-14(10-22)4-6-15)21(25-13-23-12-18(19)25)16-7-8-20(27-2)24-11-16;1-7-5-3-2-4-6-7/h3-9,11-13H,1-2H3;2-6H2,1H3. The average Bonchev–Trinajstić information content (AvgIpc) is 3.39. The predicted molar refractivity (Wildman–Crippen MR) is 133 cm³/mol.